The second-order valence-electron chi connectivity index (χ2n) is 5.92. The van der Waals surface area contributed by atoms with Crippen LogP contribution in [0.5, 0.6) is 0 Å². The number of aromatic nitrogens is 2. The molecular formula is C16H19ClN4O. The van der Waals surface area contributed by atoms with Crippen LogP contribution in [0.25, 0.3) is 0 Å². The lowest BCUT2D eigenvalue weighted by Crippen LogP contribution is -2.39. The van der Waals surface area contributed by atoms with Gasteiger partial charge in [0.05, 0.1) is 16.8 Å². The fraction of sp³-hybridized carbons (Fsp3) is 0.375. The Kier molecular flexibility index (Phi) is 3.60. The van der Waals surface area contributed by atoms with Gasteiger partial charge in [-0.15, -0.1) is 0 Å². The summed E-state index contributed by atoms with van der Waals surface area (Å²) in [7, 11) is 1.81. The molecule has 2 aromatic rings. The molecular weight excluding hydrogens is 300 g/mol. The van der Waals surface area contributed by atoms with Gasteiger partial charge in [-0.3, -0.25) is 9.48 Å². The number of aryl methyl sites for hydroxylation is 2. The van der Waals surface area contributed by atoms with E-state index in [9.17, 15) is 4.79 Å². The molecule has 1 aliphatic heterocycles. The van der Waals surface area contributed by atoms with Gasteiger partial charge in [0.15, 0.2) is 0 Å². The molecule has 2 N–H and O–H groups in total. The molecule has 1 aromatic carbocycles. The summed E-state index contributed by atoms with van der Waals surface area (Å²) in [6, 6.07) is 5.77. The van der Waals surface area contributed by atoms with Crippen LogP contribution in [0.3, 0.4) is 0 Å². The SMILES string of the molecule is Cc1cccc2c1C(=O)NC(c1c(C(C)C)nn(C)c1Cl)N2. The second-order valence-corrected chi connectivity index (χ2v) is 6.27. The van der Waals surface area contributed by atoms with Crippen molar-refractivity contribution in [2.45, 2.75) is 32.9 Å². The first kappa shape index (κ1) is 14.9. The molecule has 1 atom stereocenters. The van der Waals surface area contributed by atoms with Crippen molar-refractivity contribution in [2.24, 2.45) is 7.05 Å². The van der Waals surface area contributed by atoms with E-state index in [4.69, 9.17) is 11.6 Å². The van der Waals surface area contributed by atoms with Crippen LogP contribution < -0.4 is 10.6 Å². The van der Waals surface area contributed by atoms with E-state index in [1.165, 1.54) is 0 Å². The van der Waals surface area contributed by atoms with Crippen LogP contribution in [0.1, 0.15) is 53.1 Å². The summed E-state index contributed by atoms with van der Waals surface area (Å²) in [5.74, 6) is 0.123. The molecule has 0 fully saturated rings. The van der Waals surface area contributed by atoms with E-state index in [2.05, 4.69) is 29.6 Å². The minimum atomic E-state index is -0.375. The fourth-order valence-corrected chi connectivity index (χ4v) is 3.11. The van der Waals surface area contributed by atoms with Crippen LogP contribution >= 0.6 is 11.6 Å². The minimum Gasteiger partial charge on any atom is -0.361 e. The number of benzene rings is 1. The molecule has 0 radical (unpaired) electrons. The highest BCUT2D eigenvalue weighted by Crippen LogP contribution is 2.35. The Balaban J connectivity index is 2.08. The number of halogens is 1. The number of nitrogens with one attached hydrogen (secondary N) is 2. The number of anilines is 1. The van der Waals surface area contributed by atoms with Crippen molar-refractivity contribution in [1.29, 1.82) is 0 Å². The predicted molar refractivity (Wildman–Crippen MR) is 87.3 cm³/mol. The lowest BCUT2D eigenvalue weighted by atomic mass is 9.99. The monoisotopic (exact) mass is 318 g/mol. The topological polar surface area (TPSA) is 59.0 Å². The third-order valence-corrected chi connectivity index (χ3v) is 4.40. The number of rotatable bonds is 2. The summed E-state index contributed by atoms with van der Waals surface area (Å²) in [5, 5.41) is 11.4. The molecule has 1 unspecified atom stereocenters. The quantitative estimate of drug-likeness (QED) is 0.892. The van der Waals surface area contributed by atoms with Gasteiger partial charge < -0.3 is 10.6 Å². The standard InChI is InChI=1S/C16H19ClN4O/c1-8(2)13-12(14(17)21(4)20-13)15-18-10-7-5-6-9(3)11(10)16(22)19-15/h5-8,15,18H,1-4H3,(H,19,22). The Hall–Kier alpha value is -2.01. The largest absolute Gasteiger partial charge is 0.361 e. The molecule has 5 nitrogen and oxygen atoms in total. The van der Waals surface area contributed by atoms with Crippen molar-refractivity contribution in [3.05, 3.63) is 45.7 Å². The maximum absolute atomic E-state index is 12.5. The zero-order valence-corrected chi connectivity index (χ0v) is 13.8. The fourth-order valence-electron chi connectivity index (χ4n) is 2.86. The average molecular weight is 319 g/mol. The summed E-state index contributed by atoms with van der Waals surface area (Å²) < 4.78 is 1.64. The number of nitrogens with zero attached hydrogens (tertiary/aromatic N) is 2. The van der Waals surface area contributed by atoms with Crippen LogP contribution in [0.4, 0.5) is 5.69 Å². The Morgan fingerprint density at radius 3 is 2.73 bits per heavy atom. The van der Waals surface area contributed by atoms with Crippen LogP contribution in [0, 0.1) is 6.92 Å². The number of hydrogen-bond donors (Lipinski definition) is 2. The first-order valence-corrected chi connectivity index (χ1v) is 7.67. The first-order chi connectivity index (χ1) is 10.4. The molecule has 0 bridgehead atoms. The normalized spacial score (nSPS) is 17.2. The highest BCUT2D eigenvalue weighted by molar-refractivity contribution is 6.30. The number of amides is 1. The lowest BCUT2D eigenvalue weighted by molar-refractivity contribution is 0.0935. The van der Waals surface area contributed by atoms with Gasteiger partial charge in [0.1, 0.15) is 11.3 Å². The number of carbonyl (C=O) groups excluding carboxylic acids is 1. The Labute approximate surface area is 134 Å². The Morgan fingerprint density at radius 1 is 1.32 bits per heavy atom. The van der Waals surface area contributed by atoms with Crippen molar-refractivity contribution in [3.63, 3.8) is 0 Å². The molecule has 0 aliphatic carbocycles. The van der Waals surface area contributed by atoms with E-state index in [1.54, 1.807) is 11.7 Å². The highest BCUT2D eigenvalue weighted by atomic mass is 35.5. The summed E-state index contributed by atoms with van der Waals surface area (Å²) in [6.45, 7) is 6.05. The maximum atomic E-state index is 12.5. The molecule has 3 rings (SSSR count). The van der Waals surface area contributed by atoms with Crippen molar-refractivity contribution in [1.82, 2.24) is 15.1 Å². The highest BCUT2D eigenvalue weighted by Gasteiger charge is 2.31. The molecule has 0 saturated heterocycles. The van der Waals surface area contributed by atoms with Crippen molar-refractivity contribution >= 4 is 23.2 Å². The molecule has 0 spiro atoms. The van der Waals surface area contributed by atoms with Crippen LogP contribution in [0.2, 0.25) is 5.15 Å². The summed E-state index contributed by atoms with van der Waals surface area (Å²) >= 11 is 6.41. The summed E-state index contributed by atoms with van der Waals surface area (Å²) in [4.78, 5) is 12.5. The maximum Gasteiger partial charge on any atom is 0.255 e. The predicted octanol–water partition coefficient (Wildman–Crippen LogP) is 3.36. The smallest absolute Gasteiger partial charge is 0.255 e. The Morgan fingerprint density at radius 2 is 2.05 bits per heavy atom. The number of fused-ring (bicyclic) bond motifs is 1. The summed E-state index contributed by atoms with van der Waals surface area (Å²) in [5.41, 5.74) is 4.18. The molecule has 116 valence electrons. The van der Waals surface area contributed by atoms with E-state index >= 15 is 0 Å². The van der Waals surface area contributed by atoms with Gasteiger partial charge in [0.25, 0.3) is 5.91 Å². The van der Waals surface area contributed by atoms with Gasteiger partial charge in [0.2, 0.25) is 0 Å². The third kappa shape index (κ3) is 2.25. The molecule has 1 aliphatic rings. The van der Waals surface area contributed by atoms with E-state index in [-0.39, 0.29) is 18.0 Å². The first-order valence-electron chi connectivity index (χ1n) is 7.29. The van der Waals surface area contributed by atoms with Gasteiger partial charge in [0, 0.05) is 12.7 Å². The van der Waals surface area contributed by atoms with Crippen molar-refractivity contribution in [3.8, 4) is 0 Å². The molecule has 0 saturated carbocycles. The van der Waals surface area contributed by atoms with E-state index in [1.807, 2.05) is 25.1 Å². The van der Waals surface area contributed by atoms with Gasteiger partial charge in [-0.05, 0) is 24.5 Å². The summed E-state index contributed by atoms with van der Waals surface area (Å²) in [6.07, 6.45) is -0.375. The molecule has 22 heavy (non-hydrogen) atoms. The Bertz CT molecular complexity index is 751. The van der Waals surface area contributed by atoms with Crippen LogP contribution in [0.15, 0.2) is 18.2 Å². The van der Waals surface area contributed by atoms with E-state index < -0.39 is 0 Å². The second kappa shape index (κ2) is 5.32. The molecule has 2 heterocycles. The number of carbonyl (C=O) groups is 1. The van der Waals surface area contributed by atoms with E-state index in [0.717, 1.165) is 22.5 Å². The van der Waals surface area contributed by atoms with Gasteiger partial charge in [-0.1, -0.05) is 37.6 Å². The molecule has 6 heteroatoms. The van der Waals surface area contributed by atoms with Crippen molar-refractivity contribution < 1.29 is 4.79 Å². The molecule has 1 amide bonds. The zero-order chi connectivity index (χ0) is 16.0. The molecule has 1 aromatic heterocycles. The van der Waals surface area contributed by atoms with Crippen LogP contribution in [-0.2, 0) is 7.05 Å². The van der Waals surface area contributed by atoms with Gasteiger partial charge in [-0.25, -0.2) is 0 Å². The van der Waals surface area contributed by atoms with E-state index in [0.29, 0.717) is 10.7 Å². The van der Waals surface area contributed by atoms with Gasteiger partial charge in [-0.2, -0.15) is 5.10 Å². The third-order valence-electron chi connectivity index (χ3n) is 3.95. The van der Waals surface area contributed by atoms with Crippen molar-refractivity contribution in [2.75, 3.05) is 5.32 Å². The zero-order valence-electron chi connectivity index (χ0n) is 13.1. The average Bonchev–Trinajstić information content (AvgIpc) is 2.75. The number of hydrogen-bond acceptors (Lipinski definition) is 3. The lowest BCUT2D eigenvalue weighted by Gasteiger charge is -2.29. The van der Waals surface area contributed by atoms with Gasteiger partial charge >= 0.3 is 0 Å². The minimum absolute atomic E-state index is 0.0912. The van der Waals surface area contributed by atoms with Crippen LogP contribution in [-0.4, -0.2) is 15.7 Å².